The van der Waals surface area contributed by atoms with Crippen molar-refractivity contribution < 1.29 is 32.3 Å². The monoisotopic (exact) mass is 410 g/mol. The Labute approximate surface area is 163 Å². The van der Waals surface area contributed by atoms with Gasteiger partial charge in [0.25, 0.3) is 0 Å². The van der Waals surface area contributed by atoms with Crippen LogP contribution in [0.1, 0.15) is 29.8 Å². The molecule has 0 fully saturated rings. The van der Waals surface area contributed by atoms with Crippen molar-refractivity contribution in [2.75, 3.05) is 19.5 Å². The van der Waals surface area contributed by atoms with Gasteiger partial charge in [0.15, 0.2) is 9.84 Å². The average molecular weight is 410 g/mol. The van der Waals surface area contributed by atoms with Crippen LogP contribution < -0.4 is 10.6 Å². The number of hydrogen-bond donors (Lipinski definition) is 2. The molecule has 1 aliphatic heterocycles. The molecule has 0 spiro atoms. The smallest absolute Gasteiger partial charge is 0.338 e. The first kappa shape index (κ1) is 21.4. The van der Waals surface area contributed by atoms with E-state index in [2.05, 4.69) is 10.6 Å². The number of sulfone groups is 1. The van der Waals surface area contributed by atoms with Crippen LogP contribution in [0.3, 0.4) is 0 Å². The van der Waals surface area contributed by atoms with E-state index in [1.165, 1.54) is 24.3 Å². The van der Waals surface area contributed by atoms with E-state index in [9.17, 15) is 22.8 Å². The minimum absolute atomic E-state index is 0.130. The van der Waals surface area contributed by atoms with Gasteiger partial charge in [-0.05, 0) is 31.5 Å². The summed E-state index contributed by atoms with van der Waals surface area (Å²) >= 11 is 0. The van der Waals surface area contributed by atoms with E-state index < -0.39 is 33.8 Å². The third-order valence-corrected chi connectivity index (χ3v) is 4.69. The van der Waals surface area contributed by atoms with E-state index in [0.29, 0.717) is 5.56 Å². The summed E-state index contributed by atoms with van der Waals surface area (Å²) in [6.45, 7) is 3.12. The van der Waals surface area contributed by atoms with Gasteiger partial charge in [0, 0.05) is 6.26 Å². The van der Waals surface area contributed by atoms with E-state index in [1.54, 1.807) is 13.8 Å². The van der Waals surface area contributed by atoms with Crippen molar-refractivity contribution in [1.29, 1.82) is 0 Å². The molecule has 0 aromatic heterocycles. The highest BCUT2D eigenvalue weighted by molar-refractivity contribution is 7.89. The maximum Gasteiger partial charge on any atom is 0.338 e. The Morgan fingerprint density at radius 2 is 1.75 bits per heavy atom. The van der Waals surface area contributed by atoms with Gasteiger partial charge in [0.2, 0.25) is 0 Å². The predicted molar refractivity (Wildman–Crippen MR) is 100 cm³/mol. The number of carbonyl (C=O) groups excluding carboxylic acids is 3. The molecule has 1 aromatic carbocycles. The zero-order valence-corrected chi connectivity index (χ0v) is 16.6. The Bertz CT molecular complexity index is 904. The maximum absolute atomic E-state index is 12.2. The molecule has 2 N–H and O–H groups in total. The van der Waals surface area contributed by atoms with Crippen molar-refractivity contribution in [2.45, 2.75) is 25.6 Å². The molecule has 2 rings (SSSR count). The Balaban J connectivity index is 2.11. The first-order valence-corrected chi connectivity index (χ1v) is 10.6. The lowest BCUT2D eigenvalue weighted by molar-refractivity contribution is -0.139. The normalized spacial score (nSPS) is 16.8. The highest BCUT2D eigenvalue weighted by Gasteiger charge is 2.30. The van der Waals surface area contributed by atoms with Gasteiger partial charge in [0.05, 0.1) is 35.2 Å². The first-order chi connectivity index (χ1) is 13.1. The van der Waals surface area contributed by atoms with E-state index in [-0.39, 0.29) is 35.8 Å². The average Bonchev–Trinajstić information content (AvgIpc) is 2.58. The molecule has 1 heterocycles. The summed E-state index contributed by atoms with van der Waals surface area (Å²) in [6.07, 6.45) is 1.12. The summed E-state index contributed by atoms with van der Waals surface area (Å²) in [5.74, 6) is -1.42. The second-order valence-electron chi connectivity index (χ2n) is 6.28. The Kier molecular flexibility index (Phi) is 6.79. The third kappa shape index (κ3) is 5.81. The standard InChI is InChI=1S/C18H22N2O7S/c1-4-26-17(22)15-11(2)19-18(23)20-14(15)9-27-16(21)13-7-5-12(6-8-13)10-28(3,24)25/h5-8,11H,4,9-10H2,1-3H3,(H2,19,20,23). The van der Waals surface area contributed by atoms with Crippen molar-refractivity contribution in [3.63, 3.8) is 0 Å². The van der Waals surface area contributed by atoms with Crippen molar-refractivity contribution in [3.8, 4) is 0 Å². The molecule has 10 heteroatoms. The summed E-state index contributed by atoms with van der Waals surface area (Å²) in [4.78, 5) is 36.1. The minimum Gasteiger partial charge on any atom is -0.463 e. The Morgan fingerprint density at radius 1 is 1.11 bits per heavy atom. The van der Waals surface area contributed by atoms with Crippen molar-refractivity contribution >= 4 is 27.8 Å². The van der Waals surface area contributed by atoms with Gasteiger partial charge < -0.3 is 20.1 Å². The van der Waals surface area contributed by atoms with Gasteiger partial charge in [0.1, 0.15) is 6.61 Å². The van der Waals surface area contributed by atoms with Crippen molar-refractivity contribution in [1.82, 2.24) is 10.6 Å². The molecule has 0 bridgehead atoms. The van der Waals surface area contributed by atoms with E-state index in [1.807, 2.05) is 0 Å². The van der Waals surface area contributed by atoms with Gasteiger partial charge in [-0.1, -0.05) is 12.1 Å². The highest BCUT2D eigenvalue weighted by Crippen LogP contribution is 2.16. The second-order valence-corrected chi connectivity index (χ2v) is 8.42. The van der Waals surface area contributed by atoms with Crippen LogP contribution in [0, 0.1) is 0 Å². The van der Waals surface area contributed by atoms with Crippen LogP contribution in [-0.4, -0.2) is 51.9 Å². The van der Waals surface area contributed by atoms with Gasteiger partial charge in [-0.15, -0.1) is 0 Å². The van der Waals surface area contributed by atoms with Crippen LogP contribution in [0.4, 0.5) is 4.79 Å². The van der Waals surface area contributed by atoms with Crippen LogP contribution in [-0.2, 0) is 29.9 Å². The fourth-order valence-corrected chi connectivity index (χ4v) is 3.45. The number of urea groups is 1. The van der Waals surface area contributed by atoms with Crippen LogP contribution in [0.15, 0.2) is 35.5 Å². The second kappa shape index (κ2) is 8.87. The summed E-state index contributed by atoms with van der Waals surface area (Å²) in [6, 6.07) is 4.83. The van der Waals surface area contributed by atoms with Crippen LogP contribution >= 0.6 is 0 Å². The van der Waals surface area contributed by atoms with Crippen molar-refractivity contribution in [2.24, 2.45) is 0 Å². The van der Waals surface area contributed by atoms with E-state index in [0.717, 1.165) is 6.26 Å². The Morgan fingerprint density at radius 3 is 2.32 bits per heavy atom. The van der Waals surface area contributed by atoms with E-state index >= 15 is 0 Å². The lowest BCUT2D eigenvalue weighted by Crippen LogP contribution is -2.50. The zero-order chi connectivity index (χ0) is 20.9. The number of carbonyl (C=O) groups is 3. The lowest BCUT2D eigenvalue weighted by Gasteiger charge is -2.26. The van der Waals surface area contributed by atoms with Crippen molar-refractivity contribution in [3.05, 3.63) is 46.7 Å². The van der Waals surface area contributed by atoms with Crippen LogP contribution in [0.5, 0.6) is 0 Å². The molecule has 0 saturated carbocycles. The molecule has 0 radical (unpaired) electrons. The zero-order valence-electron chi connectivity index (χ0n) is 15.8. The predicted octanol–water partition coefficient (Wildman–Crippen LogP) is 0.906. The van der Waals surface area contributed by atoms with Crippen LogP contribution in [0.2, 0.25) is 0 Å². The topological polar surface area (TPSA) is 128 Å². The molecule has 0 aliphatic carbocycles. The van der Waals surface area contributed by atoms with Gasteiger partial charge in [-0.3, -0.25) is 0 Å². The molecule has 2 amide bonds. The number of esters is 2. The minimum atomic E-state index is -3.18. The number of hydrogen-bond acceptors (Lipinski definition) is 7. The summed E-state index contributed by atoms with van der Waals surface area (Å²) in [7, 11) is -3.18. The van der Waals surface area contributed by atoms with Gasteiger partial charge in [-0.2, -0.15) is 0 Å². The molecular formula is C18H22N2O7S. The third-order valence-electron chi connectivity index (χ3n) is 3.83. The first-order valence-electron chi connectivity index (χ1n) is 8.52. The number of benzene rings is 1. The summed E-state index contributed by atoms with van der Waals surface area (Å²) in [5.41, 5.74) is 1.09. The fourth-order valence-electron chi connectivity index (χ4n) is 2.65. The van der Waals surface area contributed by atoms with E-state index in [4.69, 9.17) is 9.47 Å². The molecule has 1 unspecified atom stereocenters. The SMILES string of the molecule is CCOC(=O)C1=C(COC(=O)c2ccc(CS(C)(=O)=O)cc2)NC(=O)NC1C. The summed E-state index contributed by atoms with van der Waals surface area (Å²) < 4.78 is 32.8. The van der Waals surface area contributed by atoms with Crippen LogP contribution in [0.25, 0.3) is 0 Å². The van der Waals surface area contributed by atoms with Gasteiger partial charge >= 0.3 is 18.0 Å². The lowest BCUT2D eigenvalue weighted by atomic mass is 10.0. The Hall–Kier alpha value is -2.88. The molecule has 9 nitrogen and oxygen atoms in total. The quantitative estimate of drug-likeness (QED) is 0.639. The fraction of sp³-hybridized carbons (Fsp3) is 0.389. The molecule has 0 saturated heterocycles. The highest BCUT2D eigenvalue weighted by atomic mass is 32.2. The number of amides is 2. The molecule has 1 aromatic rings. The maximum atomic E-state index is 12.2. The molecule has 152 valence electrons. The molecular weight excluding hydrogens is 388 g/mol. The largest absolute Gasteiger partial charge is 0.463 e. The van der Waals surface area contributed by atoms with Gasteiger partial charge in [-0.25, -0.2) is 22.8 Å². The molecule has 1 atom stereocenters. The number of ether oxygens (including phenoxy) is 2. The molecule has 1 aliphatic rings. The summed E-state index contributed by atoms with van der Waals surface area (Å²) in [5, 5.41) is 5.01. The number of rotatable bonds is 7. The molecule has 28 heavy (non-hydrogen) atoms. The number of nitrogens with one attached hydrogen (secondary N) is 2.